The SMILES string of the molecule is COc1cc(OC)nc(CN2CCN(C(=O)CNc3c(-c4ccc(F)cc4)nc4cnccn34)CC2)n1. The second-order valence-corrected chi connectivity index (χ2v) is 8.50. The number of rotatable bonds is 8. The van der Waals surface area contributed by atoms with E-state index >= 15 is 0 Å². The van der Waals surface area contributed by atoms with Crippen molar-refractivity contribution in [2.24, 2.45) is 0 Å². The van der Waals surface area contributed by atoms with E-state index < -0.39 is 0 Å². The first-order chi connectivity index (χ1) is 18.0. The molecular weight excluding hydrogens is 479 g/mol. The number of benzene rings is 1. The maximum atomic E-state index is 13.5. The molecule has 1 fully saturated rings. The molecular formula is C25H27FN8O3. The Hall–Kier alpha value is -4.32. The number of carbonyl (C=O) groups is 1. The molecule has 0 saturated carbocycles. The summed E-state index contributed by atoms with van der Waals surface area (Å²) in [6.07, 6.45) is 5.06. The molecule has 11 nitrogen and oxygen atoms in total. The summed E-state index contributed by atoms with van der Waals surface area (Å²) in [5.41, 5.74) is 1.99. The Labute approximate surface area is 212 Å². The Balaban J connectivity index is 1.22. The first-order valence-corrected chi connectivity index (χ1v) is 11.8. The number of nitrogens with one attached hydrogen (secondary N) is 1. The van der Waals surface area contributed by atoms with Gasteiger partial charge in [0.1, 0.15) is 23.2 Å². The Kier molecular flexibility index (Phi) is 7.08. The van der Waals surface area contributed by atoms with Crippen molar-refractivity contribution in [3.63, 3.8) is 0 Å². The Morgan fingerprint density at radius 1 is 1.03 bits per heavy atom. The van der Waals surface area contributed by atoms with Crippen molar-refractivity contribution in [1.82, 2.24) is 34.1 Å². The van der Waals surface area contributed by atoms with Gasteiger partial charge in [0.2, 0.25) is 17.7 Å². The number of anilines is 1. The second kappa shape index (κ2) is 10.7. The maximum absolute atomic E-state index is 13.5. The third-order valence-electron chi connectivity index (χ3n) is 6.19. The van der Waals surface area contributed by atoms with Crippen LogP contribution >= 0.6 is 0 Å². The third-order valence-corrected chi connectivity index (χ3v) is 6.19. The number of amides is 1. The van der Waals surface area contributed by atoms with Crippen LogP contribution in [-0.2, 0) is 11.3 Å². The van der Waals surface area contributed by atoms with Crippen molar-refractivity contribution in [3.8, 4) is 23.0 Å². The number of hydrogen-bond donors (Lipinski definition) is 1. The van der Waals surface area contributed by atoms with Crippen LogP contribution < -0.4 is 14.8 Å². The van der Waals surface area contributed by atoms with Gasteiger partial charge in [-0.25, -0.2) is 9.37 Å². The fourth-order valence-electron chi connectivity index (χ4n) is 4.24. The lowest BCUT2D eigenvalue weighted by Crippen LogP contribution is -2.49. The zero-order chi connectivity index (χ0) is 25.8. The minimum absolute atomic E-state index is 0.0204. The predicted molar refractivity (Wildman–Crippen MR) is 134 cm³/mol. The summed E-state index contributed by atoms with van der Waals surface area (Å²) >= 11 is 0. The van der Waals surface area contributed by atoms with E-state index in [4.69, 9.17) is 9.47 Å². The first-order valence-electron chi connectivity index (χ1n) is 11.8. The van der Waals surface area contributed by atoms with Crippen LogP contribution in [0, 0.1) is 5.82 Å². The highest BCUT2D eigenvalue weighted by Crippen LogP contribution is 2.28. The predicted octanol–water partition coefficient (Wildman–Crippen LogP) is 2.10. The van der Waals surface area contributed by atoms with Gasteiger partial charge in [-0.3, -0.25) is 19.1 Å². The Morgan fingerprint density at radius 3 is 2.41 bits per heavy atom. The van der Waals surface area contributed by atoms with Gasteiger partial charge in [-0.2, -0.15) is 9.97 Å². The molecule has 37 heavy (non-hydrogen) atoms. The quantitative estimate of drug-likeness (QED) is 0.384. The van der Waals surface area contributed by atoms with Gasteiger partial charge in [0.15, 0.2) is 5.65 Å². The molecule has 12 heteroatoms. The number of piperazine rings is 1. The molecule has 0 radical (unpaired) electrons. The number of ether oxygens (including phenoxy) is 2. The summed E-state index contributed by atoms with van der Waals surface area (Å²) in [5, 5.41) is 3.25. The van der Waals surface area contributed by atoms with Crippen LogP contribution in [0.2, 0.25) is 0 Å². The van der Waals surface area contributed by atoms with Crippen LogP contribution in [0.5, 0.6) is 11.8 Å². The Bertz CT molecular complexity index is 1360. The zero-order valence-electron chi connectivity index (χ0n) is 20.6. The lowest BCUT2D eigenvalue weighted by atomic mass is 10.1. The van der Waals surface area contributed by atoms with E-state index in [1.165, 1.54) is 12.1 Å². The molecule has 1 aromatic carbocycles. The minimum Gasteiger partial charge on any atom is -0.481 e. The summed E-state index contributed by atoms with van der Waals surface area (Å²) in [4.78, 5) is 34.6. The molecule has 4 aromatic rings. The van der Waals surface area contributed by atoms with Gasteiger partial charge in [-0.05, 0) is 24.3 Å². The van der Waals surface area contributed by atoms with Crippen molar-refractivity contribution >= 4 is 17.4 Å². The van der Waals surface area contributed by atoms with Crippen LogP contribution in [0.25, 0.3) is 16.9 Å². The van der Waals surface area contributed by atoms with E-state index in [1.54, 1.807) is 51.0 Å². The number of nitrogens with zero attached hydrogens (tertiary/aromatic N) is 7. The van der Waals surface area contributed by atoms with Gasteiger partial charge in [-0.15, -0.1) is 0 Å². The molecule has 0 spiro atoms. The van der Waals surface area contributed by atoms with Crippen LogP contribution in [-0.4, -0.2) is 87.0 Å². The number of hydrogen-bond acceptors (Lipinski definition) is 9. The van der Waals surface area contributed by atoms with Crippen molar-refractivity contribution < 1.29 is 18.7 Å². The lowest BCUT2D eigenvalue weighted by molar-refractivity contribution is -0.131. The fraction of sp³-hybridized carbons (Fsp3) is 0.320. The van der Waals surface area contributed by atoms with E-state index in [0.29, 0.717) is 67.5 Å². The third kappa shape index (κ3) is 5.43. The molecule has 1 amide bonds. The van der Waals surface area contributed by atoms with E-state index in [1.807, 2.05) is 9.30 Å². The number of aromatic nitrogens is 5. The lowest BCUT2D eigenvalue weighted by Gasteiger charge is -2.34. The molecule has 0 atom stereocenters. The molecule has 0 unspecified atom stereocenters. The molecule has 0 aliphatic carbocycles. The van der Waals surface area contributed by atoms with Crippen LogP contribution in [0.1, 0.15) is 5.82 Å². The van der Waals surface area contributed by atoms with E-state index in [9.17, 15) is 9.18 Å². The topological polar surface area (TPSA) is 110 Å². The fourth-order valence-corrected chi connectivity index (χ4v) is 4.24. The molecule has 4 heterocycles. The van der Waals surface area contributed by atoms with Crippen molar-refractivity contribution in [3.05, 3.63) is 60.6 Å². The van der Waals surface area contributed by atoms with Gasteiger partial charge in [0.05, 0.1) is 39.6 Å². The number of halogens is 1. The average molecular weight is 507 g/mol. The standard InChI is InChI=1S/C25H27FN8O3/c1-36-21-13-22(37-2)30-19(29-21)16-32-9-11-33(12-10-32)23(35)15-28-25-24(17-3-5-18(26)6-4-17)31-20-14-27-7-8-34(20)25/h3-8,13-14,28H,9-12,15-16H2,1-2H3. The average Bonchev–Trinajstić information content (AvgIpc) is 3.30. The van der Waals surface area contributed by atoms with Crippen molar-refractivity contribution in [2.75, 3.05) is 52.3 Å². The summed E-state index contributed by atoms with van der Waals surface area (Å²) in [6.45, 7) is 3.19. The molecule has 0 bridgehead atoms. The van der Waals surface area contributed by atoms with E-state index in [-0.39, 0.29) is 18.3 Å². The summed E-state index contributed by atoms with van der Waals surface area (Å²) < 4.78 is 25.7. The second-order valence-electron chi connectivity index (χ2n) is 8.50. The normalized spacial score (nSPS) is 14.1. The number of methoxy groups -OCH3 is 2. The molecule has 1 aliphatic heterocycles. The smallest absolute Gasteiger partial charge is 0.242 e. The van der Waals surface area contributed by atoms with Crippen molar-refractivity contribution in [1.29, 1.82) is 0 Å². The highest BCUT2D eigenvalue weighted by molar-refractivity contribution is 5.83. The number of fused-ring (bicyclic) bond motifs is 1. The van der Waals surface area contributed by atoms with Crippen LogP contribution in [0.4, 0.5) is 10.2 Å². The molecule has 1 saturated heterocycles. The van der Waals surface area contributed by atoms with Gasteiger partial charge >= 0.3 is 0 Å². The maximum Gasteiger partial charge on any atom is 0.242 e. The number of imidazole rings is 1. The van der Waals surface area contributed by atoms with E-state index in [2.05, 4.69) is 30.2 Å². The summed E-state index contributed by atoms with van der Waals surface area (Å²) in [5.74, 6) is 1.81. The van der Waals surface area contributed by atoms with Crippen LogP contribution in [0.15, 0.2) is 48.9 Å². The van der Waals surface area contributed by atoms with Gasteiger partial charge in [-0.1, -0.05) is 0 Å². The minimum atomic E-state index is -0.324. The monoisotopic (exact) mass is 506 g/mol. The summed E-state index contributed by atoms with van der Waals surface area (Å²) in [7, 11) is 3.10. The highest BCUT2D eigenvalue weighted by atomic mass is 19.1. The van der Waals surface area contributed by atoms with Gasteiger partial charge < -0.3 is 19.7 Å². The molecule has 1 aliphatic rings. The molecule has 3 aromatic heterocycles. The zero-order valence-corrected chi connectivity index (χ0v) is 20.6. The number of carbonyl (C=O) groups excluding carboxylic acids is 1. The van der Waals surface area contributed by atoms with Gasteiger partial charge in [0, 0.05) is 44.1 Å². The van der Waals surface area contributed by atoms with Crippen LogP contribution in [0.3, 0.4) is 0 Å². The van der Waals surface area contributed by atoms with Crippen molar-refractivity contribution in [2.45, 2.75) is 6.54 Å². The summed E-state index contributed by atoms with van der Waals surface area (Å²) in [6, 6.07) is 7.74. The van der Waals surface area contributed by atoms with E-state index in [0.717, 1.165) is 5.56 Å². The highest BCUT2D eigenvalue weighted by Gasteiger charge is 2.23. The molecule has 192 valence electrons. The molecule has 1 N–H and O–H groups in total. The molecule has 5 rings (SSSR count). The largest absolute Gasteiger partial charge is 0.481 e. The Morgan fingerprint density at radius 2 is 1.73 bits per heavy atom. The first kappa shape index (κ1) is 24.4. The van der Waals surface area contributed by atoms with Gasteiger partial charge in [0.25, 0.3) is 0 Å².